The van der Waals surface area contributed by atoms with E-state index in [9.17, 15) is 31.1 Å². The third kappa shape index (κ3) is 5.81. The van der Waals surface area contributed by atoms with Crippen LogP contribution in [0.2, 0.25) is 0 Å². The number of anilines is 1. The van der Waals surface area contributed by atoms with Crippen molar-refractivity contribution in [2.45, 2.75) is 25.3 Å². The Morgan fingerprint density at radius 2 is 1.85 bits per heavy atom. The number of benzene rings is 1. The summed E-state index contributed by atoms with van der Waals surface area (Å²) in [6, 6.07) is 2.03. The Balaban J connectivity index is 3.43. The van der Waals surface area contributed by atoms with Crippen LogP contribution in [-0.4, -0.2) is 43.2 Å². The largest absolute Gasteiger partial charge is 0.417 e. The molecule has 0 heterocycles. The summed E-state index contributed by atoms with van der Waals surface area (Å²) in [5.41, 5.74) is -2.61. The molecule has 27 heavy (non-hydrogen) atoms. The van der Waals surface area contributed by atoms with Crippen molar-refractivity contribution < 1.29 is 31.1 Å². The summed E-state index contributed by atoms with van der Waals surface area (Å²) < 4.78 is 78.3. The number of carbonyl (C=O) groups excluding carboxylic acids is 1. The molecule has 1 amide bonds. The third-order valence-corrected chi connectivity index (χ3v) is 3.64. The number of nitriles is 1. The van der Waals surface area contributed by atoms with Crippen molar-refractivity contribution in [2.75, 3.05) is 25.0 Å². The number of hydrogen-bond acceptors (Lipinski definition) is 3. The Morgan fingerprint density at radius 3 is 2.30 bits per heavy atom. The van der Waals surface area contributed by atoms with Crippen LogP contribution < -0.4 is 4.90 Å². The van der Waals surface area contributed by atoms with Gasteiger partial charge in [0, 0.05) is 12.7 Å². The van der Waals surface area contributed by atoms with E-state index in [1.807, 2.05) is 0 Å². The van der Waals surface area contributed by atoms with Crippen molar-refractivity contribution >= 4 is 11.6 Å². The standard InChI is InChI=1S/C17H15F6N3O/c1-4-7-25(3)15(27)11(2)26(10-16(18,19)20)13-6-5-12(9-24)14(8-13)17(21,22)23/h1,5-6,8,11H,7,10H2,2-3H3/t11-/m0/s1. The average molecular weight is 391 g/mol. The molecule has 0 saturated carbocycles. The van der Waals surface area contributed by atoms with Gasteiger partial charge in [-0.1, -0.05) is 5.92 Å². The molecular formula is C17H15F6N3O. The van der Waals surface area contributed by atoms with Crippen molar-refractivity contribution in [1.29, 1.82) is 5.26 Å². The van der Waals surface area contributed by atoms with Gasteiger partial charge in [0.25, 0.3) is 0 Å². The van der Waals surface area contributed by atoms with Crippen molar-refractivity contribution in [2.24, 2.45) is 0 Å². The minimum atomic E-state index is -4.95. The van der Waals surface area contributed by atoms with Crippen LogP contribution in [0.25, 0.3) is 0 Å². The van der Waals surface area contributed by atoms with Crippen LogP contribution in [0, 0.1) is 23.7 Å². The molecule has 1 aromatic carbocycles. The number of halogens is 6. The van der Waals surface area contributed by atoms with Crippen LogP contribution in [0.4, 0.5) is 32.0 Å². The maximum Gasteiger partial charge on any atom is 0.417 e. The van der Waals surface area contributed by atoms with E-state index >= 15 is 0 Å². The van der Waals surface area contributed by atoms with Crippen molar-refractivity contribution in [1.82, 2.24) is 4.90 Å². The van der Waals surface area contributed by atoms with E-state index in [0.29, 0.717) is 11.0 Å². The summed E-state index contributed by atoms with van der Waals surface area (Å²) in [5, 5.41) is 8.80. The Labute approximate surface area is 152 Å². The predicted molar refractivity (Wildman–Crippen MR) is 85.5 cm³/mol. The first-order valence-corrected chi connectivity index (χ1v) is 7.45. The molecule has 0 aliphatic heterocycles. The molecule has 0 radical (unpaired) electrons. The lowest BCUT2D eigenvalue weighted by Crippen LogP contribution is -2.49. The number of nitrogens with zero attached hydrogens (tertiary/aromatic N) is 3. The lowest BCUT2D eigenvalue weighted by atomic mass is 10.1. The number of amides is 1. The van der Waals surface area contributed by atoms with Gasteiger partial charge < -0.3 is 9.80 Å². The second kappa shape index (κ2) is 8.21. The molecule has 146 valence electrons. The first-order chi connectivity index (χ1) is 12.3. The van der Waals surface area contributed by atoms with Crippen molar-refractivity contribution in [3.05, 3.63) is 29.3 Å². The molecule has 0 aliphatic rings. The third-order valence-electron chi connectivity index (χ3n) is 3.64. The van der Waals surface area contributed by atoms with E-state index in [4.69, 9.17) is 11.7 Å². The maximum absolute atomic E-state index is 13.1. The monoisotopic (exact) mass is 391 g/mol. The summed E-state index contributed by atoms with van der Waals surface area (Å²) >= 11 is 0. The van der Waals surface area contributed by atoms with Gasteiger partial charge in [-0.2, -0.15) is 31.6 Å². The Morgan fingerprint density at radius 1 is 1.26 bits per heavy atom. The molecule has 1 atom stereocenters. The number of likely N-dealkylation sites (N-methyl/N-ethyl adjacent to an activating group) is 1. The number of alkyl halides is 6. The highest BCUT2D eigenvalue weighted by molar-refractivity contribution is 5.85. The summed E-state index contributed by atoms with van der Waals surface area (Å²) in [7, 11) is 1.27. The van der Waals surface area contributed by atoms with E-state index in [1.54, 1.807) is 0 Å². The number of carbonyl (C=O) groups is 1. The Bertz CT molecular complexity index is 773. The molecule has 0 fully saturated rings. The quantitative estimate of drug-likeness (QED) is 0.571. The van der Waals surface area contributed by atoms with E-state index in [-0.39, 0.29) is 6.54 Å². The van der Waals surface area contributed by atoms with E-state index < -0.39 is 47.7 Å². The highest BCUT2D eigenvalue weighted by atomic mass is 19.4. The first kappa shape index (κ1) is 22.2. The molecule has 0 aromatic heterocycles. The molecule has 0 bridgehead atoms. The maximum atomic E-state index is 13.1. The molecule has 4 nitrogen and oxygen atoms in total. The minimum absolute atomic E-state index is 0.176. The van der Waals surface area contributed by atoms with E-state index in [0.717, 1.165) is 24.0 Å². The fourth-order valence-electron chi connectivity index (χ4n) is 2.35. The van der Waals surface area contributed by atoms with E-state index in [1.165, 1.54) is 13.1 Å². The van der Waals surface area contributed by atoms with Crippen molar-refractivity contribution in [3.8, 4) is 18.4 Å². The lowest BCUT2D eigenvalue weighted by Gasteiger charge is -2.33. The van der Waals surface area contributed by atoms with Gasteiger partial charge in [-0.3, -0.25) is 4.79 Å². The Hall–Kier alpha value is -2.88. The van der Waals surface area contributed by atoms with Gasteiger partial charge in [-0.05, 0) is 25.1 Å². The molecule has 0 aliphatic carbocycles. The van der Waals surface area contributed by atoms with Gasteiger partial charge >= 0.3 is 12.4 Å². The summed E-state index contributed by atoms with van der Waals surface area (Å²) in [5.74, 6) is 1.36. The molecular weight excluding hydrogens is 376 g/mol. The number of rotatable bonds is 5. The molecule has 0 spiro atoms. The summed E-state index contributed by atoms with van der Waals surface area (Å²) in [6.45, 7) is -0.705. The van der Waals surface area contributed by atoms with Crippen LogP contribution in [0.3, 0.4) is 0 Å². The zero-order valence-electron chi connectivity index (χ0n) is 14.3. The SMILES string of the molecule is C#CCN(C)C(=O)[C@H](C)N(CC(F)(F)F)c1ccc(C#N)c(C(F)(F)F)c1. The predicted octanol–water partition coefficient (Wildman–Crippen LogP) is 3.43. The second-order valence-corrected chi connectivity index (χ2v) is 5.66. The number of hydrogen-bond donors (Lipinski definition) is 0. The van der Waals surface area contributed by atoms with Gasteiger partial charge in [0.1, 0.15) is 12.6 Å². The zero-order chi connectivity index (χ0) is 21.0. The van der Waals surface area contributed by atoms with Gasteiger partial charge in [0.05, 0.1) is 23.7 Å². The molecule has 0 N–H and O–H groups in total. The fourth-order valence-corrected chi connectivity index (χ4v) is 2.35. The van der Waals surface area contributed by atoms with Gasteiger partial charge in [0.15, 0.2) is 0 Å². The second-order valence-electron chi connectivity index (χ2n) is 5.66. The van der Waals surface area contributed by atoms with Gasteiger partial charge in [-0.15, -0.1) is 6.42 Å². The van der Waals surface area contributed by atoms with Crippen LogP contribution >= 0.6 is 0 Å². The molecule has 1 aromatic rings. The average Bonchev–Trinajstić information content (AvgIpc) is 2.56. The number of terminal acetylenes is 1. The van der Waals surface area contributed by atoms with Crippen LogP contribution in [0.5, 0.6) is 0 Å². The lowest BCUT2D eigenvalue weighted by molar-refractivity contribution is -0.137. The molecule has 0 unspecified atom stereocenters. The van der Waals surface area contributed by atoms with Crippen LogP contribution in [0.1, 0.15) is 18.1 Å². The van der Waals surface area contributed by atoms with Crippen LogP contribution in [0.15, 0.2) is 18.2 Å². The van der Waals surface area contributed by atoms with E-state index in [2.05, 4.69) is 5.92 Å². The fraction of sp³-hybridized carbons (Fsp3) is 0.412. The van der Waals surface area contributed by atoms with Crippen LogP contribution in [-0.2, 0) is 11.0 Å². The zero-order valence-corrected chi connectivity index (χ0v) is 14.3. The summed E-state index contributed by atoms with van der Waals surface area (Å²) in [4.78, 5) is 13.8. The smallest absolute Gasteiger partial charge is 0.351 e. The first-order valence-electron chi connectivity index (χ1n) is 7.45. The molecule has 1 rings (SSSR count). The molecule has 10 heteroatoms. The van der Waals surface area contributed by atoms with Gasteiger partial charge in [0.2, 0.25) is 5.91 Å². The van der Waals surface area contributed by atoms with Gasteiger partial charge in [-0.25, -0.2) is 0 Å². The minimum Gasteiger partial charge on any atom is -0.351 e. The normalized spacial score (nSPS) is 12.7. The summed E-state index contributed by atoms with van der Waals surface area (Å²) in [6.07, 6.45) is -4.67. The Kier molecular flexibility index (Phi) is 6.74. The topological polar surface area (TPSA) is 47.3 Å². The van der Waals surface area contributed by atoms with Crippen molar-refractivity contribution in [3.63, 3.8) is 0 Å². The highest BCUT2D eigenvalue weighted by Crippen LogP contribution is 2.35. The highest BCUT2D eigenvalue weighted by Gasteiger charge is 2.38. The molecule has 0 saturated heterocycles.